The lowest BCUT2D eigenvalue weighted by Crippen LogP contribution is -2.09. The Kier molecular flexibility index (Phi) is 4.45. The minimum atomic E-state index is -0.639. The molecule has 4 heteroatoms. The van der Waals surface area contributed by atoms with Gasteiger partial charge in [0.1, 0.15) is 5.75 Å². The zero-order valence-corrected chi connectivity index (χ0v) is 11.6. The van der Waals surface area contributed by atoms with Crippen LogP contribution in [0.4, 0.5) is 10.1 Å². The molecular formula is C16H18FNO2. The van der Waals surface area contributed by atoms with Crippen LogP contribution in [-0.2, 0) is 0 Å². The Balaban J connectivity index is 2.19. The Hall–Kier alpha value is -2.23. The van der Waals surface area contributed by atoms with Crippen LogP contribution in [0.5, 0.6) is 11.5 Å². The largest absolute Gasteiger partial charge is 0.505 e. The predicted molar refractivity (Wildman–Crippen MR) is 77.7 cm³/mol. The van der Waals surface area contributed by atoms with Gasteiger partial charge in [0.15, 0.2) is 11.6 Å². The molecule has 2 aromatic rings. The second-order valence-corrected chi connectivity index (χ2v) is 4.50. The number of aromatic hydroxyl groups is 1. The summed E-state index contributed by atoms with van der Waals surface area (Å²) in [6, 6.07) is 11.9. The van der Waals surface area contributed by atoms with Crippen LogP contribution in [0.25, 0.3) is 0 Å². The average Bonchev–Trinajstić information content (AvgIpc) is 2.44. The molecule has 0 aliphatic heterocycles. The Morgan fingerprint density at radius 3 is 2.70 bits per heavy atom. The summed E-state index contributed by atoms with van der Waals surface area (Å²) in [6.45, 7) is 4.50. The highest BCUT2D eigenvalue weighted by molar-refractivity contribution is 5.50. The fourth-order valence-corrected chi connectivity index (χ4v) is 2.05. The van der Waals surface area contributed by atoms with E-state index in [9.17, 15) is 9.50 Å². The standard InChI is InChI=1S/C16H18FNO2/c1-3-20-16-7-5-4-6-13(16)11(2)18-12-8-9-15(19)14(17)10-12/h4-11,18-19H,3H2,1-2H3. The van der Waals surface area contributed by atoms with Gasteiger partial charge < -0.3 is 15.2 Å². The van der Waals surface area contributed by atoms with Gasteiger partial charge >= 0.3 is 0 Å². The smallest absolute Gasteiger partial charge is 0.166 e. The van der Waals surface area contributed by atoms with Crippen molar-refractivity contribution in [2.75, 3.05) is 11.9 Å². The van der Waals surface area contributed by atoms with Crippen molar-refractivity contribution in [1.29, 1.82) is 0 Å². The maximum atomic E-state index is 13.3. The van der Waals surface area contributed by atoms with Crippen LogP contribution in [0.2, 0.25) is 0 Å². The van der Waals surface area contributed by atoms with Gasteiger partial charge in [0.05, 0.1) is 12.6 Å². The predicted octanol–water partition coefficient (Wildman–Crippen LogP) is 4.10. The SMILES string of the molecule is CCOc1ccccc1C(C)Nc1ccc(O)c(F)c1. The normalized spacial score (nSPS) is 11.9. The van der Waals surface area contributed by atoms with E-state index in [0.717, 1.165) is 11.3 Å². The van der Waals surface area contributed by atoms with E-state index in [4.69, 9.17) is 4.74 Å². The van der Waals surface area contributed by atoms with Crippen molar-refractivity contribution in [3.05, 3.63) is 53.8 Å². The highest BCUT2D eigenvalue weighted by Crippen LogP contribution is 2.29. The van der Waals surface area contributed by atoms with Gasteiger partial charge in [0.25, 0.3) is 0 Å². The quantitative estimate of drug-likeness (QED) is 0.807. The molecule has 1 atom stereocenters. The van der Waals surface area contributed by atoms with E-state index in [-0.39, 0.29) is 11.8 Å². The van der Waals surface area contributed by atoms with Gasteiger partial charge in [-0.15, -0.1) is 0 Å². The molecular weight excluding hydrogens is 257 g/mol. The van der Waals surface area contributed by atoms with E-state index in [1.165, 1.54) is 12.1 Å². The molecule has 0 heterocycles. The van der Waals surface area contributed by atoms with Crippen LogP contribution in [0, 0.1) is 5.82 Å². The first-order chi connectivity index (χ1) is 9.61. The Morgan fingerprint density at radius 2 is 2.00 bits per heavy atom. The highest BCUT2D eigenvalue weighted by atomic mass is 19.1. The third-order valence-corrected chi connectivity index (χ3v) is 3.02. The number of hydrogen-bond donors (Lipinski definition) is 2. The zero-order valence-electron chi connectivity index (χ0n) is 11.6. The molecule has 2 N–H and O–H groups in total. The van der Waals surface area contributed by atoms with E-state index >= 15 is 0 Å². The number of nitrogens with one attached hydrogen (secondary N) is 1. The molecule has 0 amide bonds. The summed E-state index contributed by atoms with van der Waals surface area (Å²) in [5.74, 6) is -0.174. The molecule has 0 saturated carbocycles. The van der Waals surface area contributed by atoms with Gasteiger partial charge in [-0.2, -0.15) is 0 Å². The van der Waals surface area contributed by atoms with Gasteiger partial charge in [-0.25, -0.2) is 4.39 Å². The van der Waals surface area contributed by atoms with Crippen LogP contribution in [0.3, 0.4) is 0 Å². The van der Waals surface area contributed by atoms with E-state index in [1.54, 1.807) is 6.07 Å². The van der Waals surface area contributed by atoms with Crippen molar-refractivity contribution in [1.82, 2.24) is 0 Å². The summed E-state index contributed by atoms with van der Waals surface area (Å²) in [6.07, 6.45) is 0. The second-order valence-electron chi connectivity index (χ2n) is 4.50. The molecule has 0 aromatic heterocycles. The number of para-hydroxylation sites is 1. The number of anilines is 1. The number of phenolic OH excluding ortho intramolecular Hbond substituents is 1. The van der Waals surface area contributed by atoms with E-state index in [1.807, 2.05) is 38.1 Å². The lowest BCUT2D eigenvalue weighted by Gasteiger charge is -2.19. The summed E-state index contributed by atoms with van der Waals surface area (Å²) in [5, 5.41) is 12.4. The van der Waals surface area contributed by atoms with Crippen molar-refractivity contribution in [3.63, 3.8) is 0 Å². The van der Waals surface area contributed by atoms with Gasteiger partial charge in [-0.3, -0.25) is 0 Å². The average molecular weight is 275 g/mol. The first kappa shape index (κ1) is 14.2. The number of ether oxygens (including phenoxy) is 1. The maximum absolute atomic E-state index is 13.3. The van der Waals surface area contributed by atoms with Crippen molar-refractivity contribution in [2.24, 2.45) is 0 Å². The summed E-state index contributed by atoms with van der Waals surface area (Å²) < 4.78 is 18.9. The second kappa shape index (κ2) is 6.28. The summed E-state index contributed by atoms with van der Waals surface area (Å²) >= 11 is 0. The molecule has 0 bridgehead atoms. The van der Waals surface area contributed by atoms with Crippen molar-refractivity contribution < 1.29 is 14.2 Å². The molecule has 0 aliphatic rings. The number of rotatable bonds is 5. The third-order valence-electron chi connectivity index (χ3n) is 3.02. The van der Waals surface area contributed by atoms with E-state index in [0.29, 0.717) is 12.3 Å². The Labute approximate surface area is 118 Å². The first-order valence-electron chi connectivity index (χ1n) is 6.58. The summed E-state index contributed by atoms with van der Waals surface area (Å²) in [7, 11) is 0. The number of halogens is 1. The molecule has 0 fully saturated rings. The fraction of sp³-hybridized carbons (Fsp3) is 0.250. The Morgan fingerprint density at radius 1 is 1.25 bits per heavy atom. The molecule has 20 heavy (non-hydrogen) atoms. The van der Waals surface area contributed by atoms with Crippen LogP contribution in [0.15, 0.2) is 42.5 Å². The molecule has 2 aromatic carbocycles. The molecule has 0 aliphatic carbocycles. The lowest BCUT2D eigenvalue weighted by molar-refractivity contribution is 0.335. The maximum Gasteiger partial charge on any atom is 0.166 e. The number of phenols is 1. The summed E-state index contributed by atoms with van der Waals surface area (Å²) in [5.41, 5.74) is 1.61. The Bertz CT molecular complexity index is 586. The minimum absolute atomic E-state index is 0.0401. The third kappa shape index (κ3) is 3.20. The first-order valence-corrected chi connectivity index (χ1v) is 6.58. The van der Waals surface area contributed by atoms with Crippen LogP contribution in [-0.4, -0.2) is 11.7 Å². The topological polar surface area (TPSA) is 41.5 Å². The fourth-order valence-electron chi connectivity index (χ4n) is 2.05. The van der Waals surface area contributed by atoms with Gasteiger partial charge in [-0.05, 0) is 32.0 Å². The van der Waals surface area contributed by atoms with Crippen LogP contribution in [0.1, 0.15) is 25.5 Å². The molecule has 0 saturated heterocycles. The minimum Gasteiger partial charge on any atom is -0.505 e. The van der Waals surface area contributed by atoms with Gasteiger partial charge in [0, 0.05) is 17.3 Å². The van der Waals surface area contributed by atoms with Gasteiger partial charge in [-0.1, -0.05) is 18.2 Å². The highest BCUT2D eigenvalue weighted by Gasteiger charge is 2.11. The number of benzene rings is 2. The molecule has 3 nitrogen and oxygen atoms in total. The zero-order chi connectivity index (χ0) is 14.5. The summed E-state index contributed by atoms with van der Waals surface area (Å²) in [4.78, 5) is 0. The number of hydrogen-bond acceptors (Lipinski definition) is 3. The molecule has 1 unspecified atom stereocenters. The van der Waals surface area contributed by atoms with E-state index in [2.05, 4.69) is 5.32 Å². The van der Waals surface area contributed by atoms with Gasteiger partial charge in [0.2, 0.25) is 0 Å². The molecule has 106 valence electrons. The molecule has 0 spiro atoms. The van der Waals surface area contributed by atoms with Crippen LogP contribution >= 0.6 is 0 Å². The molecule has 0 radical (unpaired) electrons. The van der Waals surface area contributed by atoms with Crippen molar-refractivity contribution in [2.45, 2.75) is 19.9 Å². The monoisotopic (exact) mass is 275 g/mol. The lowest BCUT2D eigenvalue weighted by atomic mass is 10.1. The van der Waals surface area contributed by atoms with Crippen molar-refractivity contribution >= 4 is 5.69 Å². The van der Waals surface area contributed by atoms with Crippen molar-refractivity contribution in [3.8, 4) is 11.5 Å². The molecule has 2 rings (SSSR count). The van der Waals surface area contributed by atoms with E-state index < -0.39 is 5.82 Å². The van der Waals surface area contributed by atoms with Crippen LogP contribution < -0.4 is 10.1 Å².